The maximum Gasteiger partial charge on any atom is 0.387 e. The molecule has 136 valence electrons. The normalized spacial score (nSPS) is 12.1. The summed E-state index contributed by atoms with van der Waals surface area (Å²) in [6.45, 7) is 2.71. The Bertz CT molecular complexity index is 959. The van der Waals surface area contributed by atoms with Crippen molar-refractivity contribution < 1.29 is 27.8 Å². The molecular formula is C19H18O6S. The minimum absolute atomic E-state index is 0.0891. The van der Waals surface area contributed by atoms with Crippen molar-refractivity contribution in [2.45, 2.75) is 18.7 Å². The molecule has 0 amide bonds. The van der Waals surface area contributed by atoms with Crippen molar-refractivity contribution >= 4 is 32.9 Å². The van der Waals surface area contributed by atoms with Gasteiger partial charge in [0.1, 0.15) is 0 Å². The topological polar surface area (TPSA) is 86.7 Å². The van der Waals surface area contributed by atoms with Crippen molar-refractivity contribution in [1.29, 1.82) is 0 Å². The van der Waals surface area contributed by atoms with Gasteiger partial charge in [-0.3, -0.25) is 0 Å². The van der Waals surface area contributed by atoms with Gasteiger partial charge in [-0.05, 0) is 29.7 Å². The predicted molar refractivity (Wildman–Crippen MR) is 96.3 cm³/mol. The molecule has 0 heterocycles. The second-order valence-corrected chi connectivity index (χ2v) is 7.56. The molecule has 0 unspecified atom stereocenters. The first-order chi connectivity index (χ1) is 12.2. The zero-order valence-electron chi connectivity index (χ0n) is 14.6. The highest BCUT2D eigenvalue weighted by molar-refractivity contribution is 7.90. The van der Waals surface area contributed by atoms with Crippen molar-refractivity contribution in [3.05, 3.63) is 65.7 Å². The van der Waals surface area contributed by atoms with Crippen LogP contribution in [0.25, 0.3) is 11.1 Å². The van der Waals surface area contributed by atoms with E-state index >= 15 is 0 Å². The van der Waals surface area contributed by atoms with Gasteiger partial charge >= 0.3 is 11.9 Å². The molecule has 0 aliphatic carbocycles. The number of rotatable bonds is 4. The van der Waals surface area contributed by atoms with Crippen LogP contribution >= 0.6 is 0 Å². The van der Waals surface area contributed by atoms with E-state index in [0.29, 0.717) is 16.7 Å². The minimum Gasteiger partial charge on any atom is -0.248 e. The fraction of sp³-hybridized carbons (Fsp3) is 0.158. The third-order valence-corrected chi connectivity index (χ3v) is 4.72. The summed E-state index contributed by atoms with van der Waals surface area (Å²) in [5, 5.41) is 0. The third-order valence-electron chi connectivity index (χ3n) is 3.57. The number of hydrogen-bond donors (Lipinski definition) is 0. The van der Waals surface area contributed by atoms with E-state index in [9.17, 15) is 18.0 Å². The summed E-state index contributed by atoms with van der Waals surface area (Å²) in [5.74, 6) is -1.67. The molecule has 0 bridgehead atoms. The van der Waals surface area contributed by atoms with E-state index in [1.807, 2.05) is 0 Å². The summed E-state index contributed by atoms with van der Waals surface area (Å²) < 4.78 is 24.2. The van der Waals surface area contributed by atoms with Gasteiger partial charge < -0.3 is 0 Å². The lowest BCUT2D eigenvalue weighted by Gasteiger charge is -2.14. The van der Waals surface area contributed by atoms with Crippen molar-refractivity contribution in [3.63, 3.8) is 0 Å². The molecule has 2 aromatic rings. The highest BCUT2D eigenvalue weighted by Gasteiger charge is 2.23. The molecule has 2 aromatic carbocycles. The molecule has 0 fully saturated rings. The molecule has 26 heavy (non-hydrogen) atoms. The predicted octanol–water partition coefficient (Wildman–Crippen LogP) is 3.04. The first-order valence-corrected chi connectivity index (χ1v) is 9.56. The van der Waals surface area contributed by atoms with Gasteiger partial charge in [0.15, 0.2) is 9.84 Å². The highest BCUT2D eigenvalue weighted by Crippen LogP contribution is 2.31. The molecule has 6 nitrogen and oxygen atoms in total. The maximum atomic E-state index is 12.5. The third kappa shape index (κ3) is 4.58. The number of carbonyl (C=O) groups is 2. The van der Waals surface area contributed by atoms with Crippen LogP contribution in [0.1, 0.15) is 25.0 Å². The van der Waals surface area contributed by atoms with Gasteiger partial charge in [-0.2, -0.15) is 0 Å². The van der Waals surface area contributed by atoms with Gasteiger partial charge in [-0.15, -0.1) is 0 Å². The number of hydrogen-bond acceptors (Lipinski definition) is 6. The number of carbonyl (C=O) groups excluding carboxylic acids is 2. The number of sulfone groups is 1. The summed E-state index contributed by atoms with van der Waals surface area (Å²) in [6, 6.07) is 14.9. The first-order valence-electron chi connectivity index (χ1n) is 7.67. The van der Waals surface area contributed by atoms with Crippen molar-refractivity contribution in [2.24, 2.45) is 0 Å². The largest absolute Gasteiger partial charge is 0.387 e. The molecule has 0 atom stereocenters. The van der Waals surface area contributed by atoms with Crippen LogP contribution in [0.15, 0.2) is 59.5 Å². The zero-order chi connectivity index (χ0) is 19.3. The van der Waals surface area contributed by atoms with E-state index in [0.717, 1.165) is 13.2 Å². The van der Waals surface area contributed by atoms with Crippen LogP contribution in [0.2, 0.25) is 0 Å². The second-order valence-electron chi connectivity index (χ2n) is 5.58. The summed E-state index contributed by atoms with van der Waals surface area (Å²) in [4.78, 5) is 32.5. The second kappa shape index (κ2) is 7.97. The molecular weight excluding hydrogens is 356 g/mol. The number of allylic oxidation sites excluding steroid dienone is 1. The van der Waals surface area contributed by atoms with Crippen LogP contribution in [0.3, 0.4) is 0 Å². The van der Waals surface area contributed by atoms with Crippen LogP contribution < -0.4 is 0 Å². The average molecular weight is 374 g/mol. The van der Waals surface area contributed by atoms with E-state index in [-0.39, 0.29) is 10.5 Å². The van der Waals surface area contributed by atoms with Crippen molar-refractivity contribution in [2.75, 3.05) is 6.26 Å². The number of benzene rings is 2. The lowest BCUT2D eigenvalue weighted by Crippen LogP contribution is -2.12. The van der Waals surface area contributed by atoms with Gasteiger partial charge in [0.05, 0.1) is 10.5 Å². The lowest BCUT2D eigenvalue weighted by atomic mass is 9.96. The van der Waals surface area contributed by atoms with E-state index in [4.69, 9.17) is 0 Å². The van der Waals surface area contributed by atoms with E-state index in [1.54, 1.807) is 55.5 Å². The Morgan fingerprint density at radius 2 is 1.42 bits per heavy atom. The molecule has 0 aromatic heterocycles. The van der Waals surface area contributed by atoms with Crippen LogP contribution in [0.4, 0.5) is 0 Å². The fourth-order valence-corrected chi connectivity index (χ4v) is 3.41. The van der Waals surface area contributed by atoms with Gasteiger partial charge in [0.25, 0.3) is 0 Å². The Hall–Kier alpha value is -2.93. The van der Waals surface area contributed by atoms with Gasteiger partial charge in [0.2, 0.25) is 0 Å². The quantitative estimate of drug-likeness (QED) is 0.354. The maximum absolute atomic E-state index is 12.5. The van der Waals surface area contributed by atoms with Gasteiger partial charge in [-0.25, -0.2) is 27.8 Å². The van der Waals surface area contributed by atoms with E-state index in [1.165, 1.54) is 6.07 Å². The van der Waals surface area contributed by atoms with Gasteiger partial charge in [-0.1, -0.05) is 48.5 Å². The molecule has 2 rings (SSSR count). The zero-order valence-corrected chi connectivity index (χ0v) is 15.4. The lowest BCUT2D eigenvalue weighted by molar-refractivity contribution is -0.252. The summed E-state index contributed by atoms with van der Waals surface area (Å²) >= 11 is 0. The van der Waals surface area contributed by atoms with Crippen LogP contribution in [-0.2, 0) is 29.2 Å². The SMILES string of the molecule is CC(=O)OOC(=O)C(=C(C)c1ccccc1S(C)(=O)=O)c1ccccc1. The summed E-state index contributed by atoms with van der Waals surface area (Å²) in [5.41, 5.74) is 1.36. The molecule has 0 spiro atoms. The Labute approximate surface area is 151 Å². The Balaban J connectivity index is 2.68. The smallest absolute Gasteiger partial charge is 0.248 e. The van der Waals surface area contributed by atoms with E-state index < -0.39 is 21.8 Å². The van der Waals surface area contributed by atoms with Crippen LogP contribution in [0, 0.1) is 0 Å². The average Bonchev–Trinajstić information content (AvgIpc) is 2.60. The van der Waals surface area contributed by atoms with Crippen molar-refractivity contribution in [1.82, 2.24) is 0 Å². The molecule has 0 N–H and O–H groups in total. The minimum atomic E-state index is -3.52. The molecule has 0 radical (unpaired) electrons. The molecule has 0 aliphatic rings. The van der Waals surface area contributed by atoms with E-state index in [2.05, 4.69) is 9.78 Å². The highest BCUT2D eigenvalue weighted by atomic mass is 32.2. The molecule has 0 saturated carbocycles. The van der Waals surface area contributed by atoms with Crippen LogP contribution in [-0.4, -0.2) is 26.6 Å². The first kappa shape index (κ1) is 19.4. The van der Waals surface area contributed by atoms with Crippen LogP contribution in [0.5, 0.6) is 0 Å². The Kier molecular flexibility index (Phi) is 5.94. The Morgan fingerprint density at radius 1 is 0.846 bits per heavy atom. The van der Waals surface area contributed by atoms with Gasteiger partial charge in [0, 0.05) is 13.2 Å². The summed E-state index contributed by atoms with van der Waals surface area (Å²) in [7, 11) is -3.52. The standard InChI is InChI=1S/C19H18O6S/c1-13(16-11-7-8-12-17(16)26(3,22)23)18(15-9-5-4-6-10-15)19(21)25-24-14(2)20/h4-12H,1-3H3. The Morgan fingerprint density at radius 3 is 2.00 bits per heavy atom. The molecule has 0 saturated heterocycles. The molecule has 7 heteroatoms. The van der Waals surface area contributed by atoms with Crippen molar-refractivity contribution in [3.8, 4) is 0 Å². The fourth-order valence-electron chi connectivity index (χ4n) is 2.46. The monoisotopic (exact) mass is 374 g/mol. The summed E-state index contributed by atoms with van der Waals surface area (Å²) in [6.07, 6.45) is 1.10. The molecule has 0 aliphatic heterocycles.